The molecular weight excluding hydrogens is 386 g/mol. The zero-order valence-electron chi connectivity index (χ0n) is 17.3. The van der Waals surface area contributed by atoms with Crippen molar-refractivity contribution in [1.82, 2.24) is 0 Å². The number of esters is 4. The van der Waals surface area contributed by atoms with E-state index < -0.39 is 54.5 Å². The summed E-state index contributed by atoms with van der Waals surface area (Å²) in [6, 6.07) is 0. The first-order valence-electron chi connectivity index (χ1n) is 9.84. The topological polar surface area (TPSA) is 119 Å². The summed E-state index contributed by atoms with van der Waals surface area (Å²) in [5, 5.41) is 0. The molecule has 0 spiro atoms. The van der Waals surface area contributed by atoms with E-state index in [0.717, 1.165) is 37.3 Å². The van der Waals surface area contributed by atoms with E-state index in [0.29, 0.717) is 0 Å². The molecule has 2 rings (SSSR count). The van der Waals surface area contributed by atoms with Crippen molar-refractivity contribution in [3.8, 4) is 0 Å². The molecule has 2 heterocycles. The molecule has 10 nitrogen and oxygen atoms in total. The first-order chi connectivity index (χ1) is 13.7. The van der Waals surface area contributed by atoms with Crippen LogP contribution in [0.15, 0.2) is 0 Å². The van der Waals surface area contributed by atoms with E-state index >= 15 is 0 Å². The summed E-state index contributed by atoms with van der Waals surface area (Å²) in [5.41, 5.74) is 0. The van der Waals surface area contributed by atoms with Crippen molar-refractivity contribution in [1.29, 1.82) is 0 Å². The molecule has 5 atom stereocenters. The minimum Gasteiger partial charge on any atom is -0.463 e. The number of carbonyl (C=O) groups excluding carboxylic acids is 4. The maximum Gasteiger partial charge on any atom is 0.303 e. The summed E-state index contributed by atoms with van der Waals surface area (Å²) in [6.07, 6.45) is -1.65. The Hall–Kier alpha value is -2.20. The fourth-order valence-electron chi connectivity index (χ4n) is 3.85. The number of likely N-dealkylation sites (tertiary alicyclic amines) is 1. The van der Waals surface area contributed by atoms with E-state index in [9.17, 15) is 19.2 Å². The van der Waals surface area contributed by atoms with Gasteiger partial charge in [-0.05, 0) is 19.3 Å². The molecule has 2 aliphatic rings. The molecule has 0 aromatic heterocycles. The Kier molecular flexibility index (Phi) is 8.39. The van der Waals surface area contributed by atoms with Crippen LogP contribution in [0.1, 0.15) is 47.0 Å². The first-order valence-corrected chi connectivity index (χ1v) is 9.84. The number of carbonyl (C=O) groups is 4. The van der Waals surface area contributed by atoms with Gasteiger partial charge in [-0.25, -0.2) is 0 Å². The van der Waals surface area contributed by atoms with Gasteiger partial charge >= 0.3 is 23.9 Å². The fourth-order valence-corrected chi connectivity index (χ4v) is 3.85. The number of ether oxygens (including phenoxy) is 5. The van der Waals surface area contributed by atoms with Crippen LogP contribution in [-0.4, -0.2) is 74.2 Å². The number of hydrogen-bond donors (Lipinski definition) is 1. The summed E-state index contributed by atoms with van der Waals surface area (Å²) >= 11 is 0. The third-order valence-corrected chi connectivity index (χ3v) is 4.89. The molecule has 29 heavy (non-hydrogen) atoms. The molecule has 2 fully saturated rings. The Bertz CT molecular complexity index is 617. The van der Waals surface area contributed by atoms with Crippen LogP contribution in [0.5, 0.6) is 0 Å². The zero-order valence-corrected chi connectivity index (χ0v) is 17.3. The number of nitrogens with one attached hydrogen (secondary N) is 1. The largest absolute Gasteiger partial charge is 0.463 e. The van der Waals surface area contributed by atoms with Crippen molar-refractivity contribution in [2.45, 2.75) is 77.6 Å². The van der Waals surface area contributed by atoms with E-state index in [-0.39, 0.29) is 6.61 Å². The Labute approximate surface area is 169 Å². The van der Waals surface area contributed by atoms with Gasteiger partial charge in [0.05, 0.1) is 13.1 Å². The van der Waals surface area contributed by atoms with Crippen LogP contribution in [0.2, 0.25) is 0 Å². The minimum atomic E-state index is -1.10. The first kappa shape index (κ1) is 23.1. The Morgan fingerprint density at radius 1 is 0.759 bits per heavy atom. The van der Waals surface area contributed by atoms with Crippen LogP contribution < -0.4 is 4.90 Å². The molecule has 0 radical (unpaired) electrons. The Morgan fingerprint density at radius 2 is 1.28 bits per heavy atom. The average Bonchev–Trinajstić information content (AvgIpc) is 2.63. The molecule has 0 saturated carbocycles. The zero-order chi connectivity index (χ0) is 21.6. The van der Waals surface area contributed by atoms with Gasteiger partial charge in [-0.3, -0.25) is 19.2 Å². The SMILES string of the molecule is CC(=O)OC[C@H]1O[C@@H]([NH+]2CCCCC2)[C@H](OC(C)=O)[C@@H](OC(C)=O)[C@@H]1OC(C)=O. The fraction of sp³-hybridized carbons (Fsp3) is 0.789. The van der Waals surface area contributed by atoms with Gasteiger partial charge in [0, 0.05) is 27.7 Å². The quantitative estimate of drug-likeness (QED) is 0.436. The van der Waals surface area contributed by atoms with Crippen molar-refractivity contribution < 1.29 is 47.8 Å². The van der Waals surface area contributed by atoms with Crippen LogP contribution in [0, 0.1) is 0 Å². The molecule has 2 saturated heterocycles. The molecule has 164 valence electrons. The highest BCUT2D eigenvalue weighted by Gasteiger charge is 2.55. The van der Waals surface area contributed by atoms with Crippen LogP contribution in [0.4, 0.5) is 0 Å². The lowest BCUT2D eigenvalue weighted by atomic mass is 9.95. The minimum absolute atomic E-state index is 0.193. The molecule has 1 N–H and O–H groups in total. The summed E-state index contributed by atoms with van der Waals surface area (Å²) < 4.78 is 27.5. The average molecular weight is 416 g/mol. The summed E-state index contributed by atoms with van der Waals surface area (Å²) in [4.78, 5) is 47.6. The smallest absolute Gasteiger partial charge is 0.303 e. The predicted molar refractivity (Wildman–Crippen MR) is 96.5 cm³/mol. The third-order valence-electron chi connectivity index (χ3n) is 4.89. The third kappa shape index (κ3) is 6.67. The number of rotatable bonds is 6. The van der Waals surface area contributed by atoms with E-state index in [4.69, 9.17) is 23.7 Å². The van der Waals surface area contributed by atoms with Gasteiger partial charge in [0.25, 0.3) is 0 Å². The van der Waals surface area contributed by atoms with Crippen molar-refractivity contribution in [3.05, 3.63) is 0 Å². The standard InChI is InChI=1S/C19H29NO9/c1-11(21)25-10-15-16(26-12(2)22)17(27-13(3)23)18(28-14(4)24)19(29-15)20-8-6-5-7-9-20/h15-19H,5-10H2,1-4H3/p+1/t15-,16-,17+,18-,19-/m1/s1. The molecule has 10 heteroatoms. The van der Waals surface area contributed by atoms with E-state index in [1.807, 2.05) is 0 Å². The predicted octanol–water partition coefficient (Wildman–Crippen LogP) is -0.862. The number of hydrogen-bond acceptors (Lipinski definition) is 9. The second-order valence-electron chi connectivity index (χ2n) is 7.34. The molecule has 0 unspecified atom stereocenters. The monoisotopic (exact) mass is 416 g/mol. The van der Waals surface area contributed by atoms with Gasteiger partial charge in [-0.1, -0.05) is 0 Å². The van der Waals surface area contributed by atoms with Crippen molar-refractivity contribution in [2.24, 2.45) is 0 Å². The molecule has 2 aliphatic heterocycles. The second-order valence-corrected chi connectivity index (χ2v) is 7.34. The second kappa shape index (κ2) is 10.5. The molecule has 0 aromatic rings. The Morgan fingerprint density at radius 3 is 1.79 bits per heavy atom. The normalized spacial score (nSPS) is 30.1. The Balaban J connectivity index is 2.40. The highest BCUT2D eigenvalue weighted by Crippen LogP contribution is 2.27. The number of quaternary nitrogens is 1. The molecule has 0 bridgehead atoms. The van der Waals surface area contributed by atoms with Crippen molar-refractivity contribution in [3.63, 3.8) is 0 Å². The van der Waals surface area contributed by atoms with Crippen LogP contribution in [0.3, 0.4) is 0 Å². The maximum atomic E-state index is 11.8. The van der Waals surface area contributed by atoms with Gasteiger partial charge in [-0.15, -0.1) is 0 Å². The lowest BCUT2D eigenvalue weighted by molar-refractivity contribution is -0.959. The molecule has 0 aromatic carbocycles. The number of piperidine rings is 1. The van der Waals surface area contributed by atoms with Crippen molar-refractivity contribution >= 4 is 23.9 Å². The van der Waals surface area contributed by atoms with Crippen LogP contribution in [0.25, 0.3) is 0 Å². The van der Waals surface area contributed by atoms with Crippen LogP contribution >= 0.6 is 0 Å². The van der Waals surface area contributed by atoms with Gasteiger partial charge in [0.1, 0.15) is 12.7 Å². The van der Waals surface area contributed by atoms with Gasteiger partial charge in [0.15, 0.2) is 12.2 Å². The molecule has 0 amide bonds. The van der Waals surface area contributed by atoms with Crippen LogP contribution in [-0.2, 0) is 42.9 Å². The lowest BCUT2D eigenvalue weighted by Crippen LogP contribution is -3.19. The summed E-state index contributed by atoms with van der Waals surface area (Å²) in [7, 11) is 0. The summed E-state index contributed by atoms with van der Waals surface area (Å²) in [5.74, 6) is -2.35. The lowest BCUT2D eigenvalue weighted by Gasteiger charge is -2.46. The van der Waals surface area contributed by atoms with E-state index in [2.05, 4.69) is 0 Å². The molecule has 0 aliphatic carbocycles. The van der Waals surface area contributed by atoms with E-state index in [1.54, 1.807) is 0 Å². The van der Waals surface area contributed by atoms with Gasteiger partial charge in [-0.2, -0.15) is 0 Å². The highest BCUT2D eigenvalue weighted by atomic mass is 16.7. The van der Waals surface area contributed by atoms with Crippen molar-refractivity contribution in [2.75, 3.05) is 19.7 Å². The highest BCUT2D eigenvalue weighted by molar-refractivity contribution is 5.68. The van der Waals surface area contributed by atoms with Gasteiger partial charge < -0.3 is 28.6 Å². The summed E-state index contributed by atoms with van der Waals surface area (Å²) in [6.45, 7) is 6.30. The molecular formula is C19H30NO9+. The maximum absolute atomic E-state index is 11.8. The van der Waals surface area contributed by atoms with Gasteiger partial charge in [0.2, 0.25) is 12.3 Å². The van der Waals surface area contributed by atoms with E-state index in [1.165, 1.54) is 27.7 Å².